The first-order chi connectivity index (χ1) is 9.16. The highest BCUT2D eigenvalue weighted by atomic mass is 16.4. The molecule has 3 rings (SSSR count). The first-order valence-corrected chi connectivity index (χ1v) is 6.13. The second-order valence-corrected chi connectivity index (χ2v) is 4.59. The van der Waals surface area contributed by atoms with Crippen LogP contribution in [0.3, 0.4) is 0 Å². The molecular formula is C16H13NO2. The number of aromatic nitrogens is 1. The van der Waals surface area contributed by atoms with Crippen molar-refractivity contribution in [1.29, 1.82) is 0 Å². The molecule has 0 aliphatic carbocycles. The zero-order valence-electron chi connectivity index (χ0n) is 10.8. The van der Waals surface area contributed by atoms with Crippen LogP contribution < -0.4 is 5.63 Å². The third-order valence-corrected chi connectivity index (χ3v) is 3.24. The zero-order valence-corrected chi connectivity index (χ0v) is 10.8. The van der Waals surface area contributed by atoms with E-state index in [0.29, 0.717) is 16.8 Å². The minimum Gasteiger partial charge on any atom is -0.403 e. The highest BCUT2D eigenvalue weighted by Gasteiger charge is 2.11. The van der Waals surface area contributed by atoms with Crippen molar-refractivity contribution in [3.05, 3.63) is 64.0 Å². The molecule has 0 atom stereocenters. The lowest BCUT2D eigenvalue weighted by Gasteiger charge is -2.05. The number of hydrogen-bond acceptors (Lipinski definition) is 3. The second kappa shape index (κ2) is 4.35. The molecule has 3 heteroatoms. The molecule has 3 nitrogen and oxygen atoms in total. The monoisotopic (exact) mass is 251 g/mol. The van der Waals surface area contributed by atoms with E-state index in [1.54, 1.807) is 6.07 Å². The quantitative estimate of drug-likeness (QED) is 0.665. The first kappa shape index (κ1) is 11.7. The summed E-state index contributed by atoms with van der Waals surface area (Å²) >= 11 is 0. The van der Waals surface area contributed by atoms with Gasteiger partial charge in [0.1, 0.15) is 0 Å². The van der Waals surface area contributed by atoms with Crippen LogP contribution in [0.25, 0.3) is 22.4 Å². The summed E-state index contributed by atoms with van der Waals surface area (Å²) in [6, 6.07) is 13.3. The van der Waals surface area contributed by atoms with Gasteiger partial charge in [0.15, 0.2) is 0 Å². The van der Waals surface area contributed by atoms with E-state index >= 15 is 0 Å². The normalized spacial score (nSPS) is 10.8. The number of nitrogens with zero attached hydrogens (tertiary/aromatic N) is 1. The highest BCUT2D eigenvalue weighted by molar-refractivity contribution is 5.81. The van der Waals surface area contributed by atoms with Gasteiger partial charge in [-0.05, 0) is 37.1 Å². The van der Waals surface area contributed by atoms with Gasteiger partial charge in [-0.15, -0.1) is 0 Å². The molecule has 0 fully saturated rings. The number of rotatable bonds is 1. The Kier molecular flexibility index (Phi) is 2.67. The van der Waals surface area contributed by atoms with Gasteiger partial charge in [0, 0.05) is 5.56 Å². The van der Waals surface area contributed by atoms with E-state index < -0.39 is 0 Å². The van der Waals surface area contributed by atoms with Gasteiger partial charge in [0.2, 0.25) is 5.89 Å². The van der Waals surface area contributed by atoms with Crippen LogP contribution in [0.5, 0.6) is 0 Å². The Balaban J connectivity index is 2.36. The van der Waals surface area contributed by atoms with Crippen molar-refractivity contribution >= 4 is 10.9 Å². The van der Waals surface area contributed by atoms with Crippen LogP contribution in [0.1, 0.15) is 11.1 Å². The third kappa shape index (κ3) is 1.93. The van der Waals surface area contributed by atoms with Crippen LogP contribution in [-0.4, -0.2) is 4.98 Å². The predicted octanol–water partition coefficient (Wildman–Crippen LogP) is 3.47. The minimum atomic E-state index is -0.341. The first-order valence-electron chi connectivity index (χ1n) is 6.13. The molecule has 0 amide bonds. The van der Waals surface area contributed by atoms with Gasteiger partial charge in [-0.3, -0.25) is 0 Å². The average molecular weight is 251 g/mol. The average Bonchev–Trinajstić information content (AvgIpc) is 2.40. The van der Waals surface area contributed by atoms with Crippen molar-refractivity contribution in [2.24, 2.45) is 0 Å². The van der Waals surface area contributed by atoms with Crippen LogP contribution in [0.2, 0.25) is 0 Å². The van der Waals surface area contributed by atoms with Crippen LogP contribution >= 0.6 is 0 Å². The molecular weight excluding hydrogens is 238 g/mol. The third-order valence-electron chi connectivity index (χ3n) is 3.24. The molecule has 1 aromatic heterocycles. The van der Waals surface area contributed by atoms with Crippen molar-refractivity contribution in [2.45, 2.75) is 13.8 Å². The largest absolute Gasteiger partial charge is 0.403 e. The van der Waals surface area contributed by atoms with E-state index in [1.165, 1.54) is 0 Å². The maximum Gasteiger partial charge on any atom is 0.347 e. The molecule has 0 radical (unpaired) electrons. The summed E-state index contributed by atoms with van der Waals surface area (Å²) in [5.41, 5.74) is 3.22. The Morgan fingerprint density at radius 3 is 2.47 bits per heavy atom. The van der Waals surface area contributed by atoms with Gasteiger partial charge in [0.25, 0.3) is 0 Å². The molecule has 0 aliphatic rings. The zero-order chi connectivity index (χ0) is 13.4. The molecule has 1 heterocycles. The molecule has 19 heavy (non-hydrogen) atoms. The Morgan fingerprint density at radius 1 is 0.947 bits per heavy atom. The van der Waals surface area contributed by atoms with E-state index in [4.69, 9.17) is 4.42 Å². The lowest BCUT2D eigenvalue weighted by Crippen LogP contribution is -2.04. The minimum absolute atomic E-state index is 0.341. The topological polar surface area (TPSA) is 43.1 Å². The SMILES string of the molecule is Cc1ccccc1-c1nc2c(C)cccc2c(=O)o1. The van der Waals surface area contributed by atoms with Gasteiger partial charge in [-0.25, -0.2) is 9.78 Å². The number of hydrogen-bond donors (Lipinski definition) is 0. The summed E-state index contributed by atoms with van der Waals surface area (Å²) in [6.45, 7) is 3.91. The van der Waals surface area contributed by atoms with E-state index in [-0.39, 0.29) is 5.63 Å². The second-order valence-electron chi connectivity index (χ2n) is 4.59. The van der Waals surface area contributed by atoms with Crippen LogP contribution in [0.4, 0.5) is 0 Å². The summed E-state index contributed by atoms with van der Waals surface area (Å²) < 4.78 is 5.35. The molecule has 2 aromatic carbocycles. The summed E-state index contributed by atoms with van der Waals surface area (Å²) in [4.78, 5) is 16.5. The standard InChI is InChI=1S/C16H13NO2/c1-10-6-3-4-8-12(10)15-17-14-11(2)7-5-9-13(14)16(18)19-15/h3-9H,1-2H3. The van der Waals surface area contributed by atoms with Gasteiger partial charge in [-0.2, -0.15) is 0 Å². The van der Waals surface area contributed by atoms with Gasteiger partial charge >= 0.3 is 5.63 Å². The summed E-state index contributed by atoms with van der Waals surface area (Å²) in [6.07, 6.45) is 0. The van der Waals surface area contributed by atoms with Gasteiger partial charge < -0.3 is 4.42 Å². The fraction of sp³-hybridized carbons (Fsp3) is 0.125. The van der Waals surface area contributed by atoms with Crippen molar-refractivity contribution in [1.82, 2.24) is 4.98 Å². The summed E-state index contributed by atoms with van der Waals surface area (Å²) in [5.74, 6) is 0.380. The van der Waals surface area contributed by atoms with E-state index in [9.17, 15) is 4.79 Å². The van der Waals surface area contributed by atoms with Crippen molar-refractivity contribution in [3.63, 3.8) is 0 Å². The number of para-hydroxylation sites is 1. The maximum atomic E-state index is 12.0. The van der Waals surface area contributed by atoms with Gasteiger partial charge in [-0.1, -0.05) is 30.3 Å². The van der Waals surface area contributed by atoms with Gasteiger partial charge in [0.05, 0.1) is 10.9 Å². The molecule has 0 saturated heterocycles. The molecule has 0 N–H and O–H groups in total. The lowest BCUT2D eigenvalue weighted by atomic mass is 10.1. The highest BCUT2D eigenvalue weighted by Crippen LogP contribution is 2.22. The molecule has 0 bridgehead atoms. The van der Waals surface area contributed by atoms with E-state index in [2.05, 4.69) is 4.98 Å². The Labute approximate surface area is 110 Å². The number of fused-ring (bicyclic) bond motifs is 1. The molecule has 0 unspecified atom stereocenters. The Hall–Kier alpha value is -2.42. The van der Waals surface area contributed by atoms with Crippen molar-refractivity contribution in [2.75, 3.05) is 0 Å². The summed E-state index contributed by atoms with van der Waals surface area (Å²) in [7, 11) is 0. The van der Waals surface area contributed by atoms with Crippen LogP contribution in [0.15, 0.2) is 51.7 Å². The molecule has 94 valence electrons. The molecule has 0 spiro atoms. The van der Waals surface area contributed by atoms with E-state index in [1.807, 2.05) is 50.2 Å². The van der Waals surface area contributed by atoms with Crippen molar-refractivity contribution in [3.8, 4) is 11.5 Å². The number of benzene rings is 2. The predicted molar refractivity (Wildman–Crippen MR) is 75.2 cm³/mol. The van der Waals surface area contributed by atoms with Crippen LogP contribution in [0, 0.1) is 13.8 Å². The fourth-order valence-electron chi connectivity index (χ4n) is 2.17. The Bertz CT molecular complexity index is 818. The fourth-order valence-corrected chi connectivity index (χ4v) is 2.17. The maximum absolute atomic E-state index is 12.0. The van der Waals surface area contributed by atoms with Crippen molar-refractivity contribution < 1.29 is 4.42 Å². The lowest BCUT2D eigenvalue weighted by molar-refractivity contribution is 0.518. The Morgan fingerprint density at radius 2 is 1.68 bits per heavy atom. The molecule has 0 aliphatic heterocycles. The summed E-state index contributed by atoms with van der Waals surface area (Å²) in [5, 5.41) is 0.525. The van der Waals surface area contributed by atoms with E-state index in [0.717, 1.165) is 16.7 Å². The smallest absolute Gasteiger partial charge is 0.347 e. The molecule has 3 aromatic rings. The molecule has 0 saturated carbocycles. The van der Waals surface area contributed by atoms with Crippen LogP contribution in [-0.2, 0) is 0 Å². The number of aryl methyl sites for hydroxylation is 2.